The number of rotatable bonds is 3. The summed E-state index contributed by atoms with van der Waals surface area (Å²) in [6.07, 6.45) is 2.67. The van der Waals surface area contributed by atoms with Crippen molar-refractivity contribution in [3.05, 3.63) is 59.2 Å². The van der Waals surface area contributed by atoms with E-state index in [1.54, 1.807) is 18.0 Å². The van der Waals surface area contributed by atoms with Crippen LogP contribution in [0.15, 0.2) is 57.6 Å². The van der Waals surface area contributed by atoms with Gasteiger partial charge in [-0.3, -0.25) is 5.43 Å². The zero-order valence-electron chi connectivity index (χ0n) is 12.0. The lowest BCUT2D eigenvalue weighted by molar-refractivity contribution is 0.573. The van der Waals surface area contributed by atoms with Gasteiger partial charge in [0, 0.05) is 5.41 Å². The summed E-state index contributed by atoms with van der Waals surface area (Å²) in [6, 6.07) is 12.3. The Hall–Kier alpha value is -2.47. The van der Waals surface area contributed by atoms with E-state index in [0.29, 0.717) is 11.6 Å². The molecule has 1 aliphatic rings. The largest absolute Gasteiger partial charge is 0.461 e. The molecule has 4 rings (SSSR count). The van der Waals surface area contributed by atoms with Gasteiger partial charge in [-0.25, -0.2) is 4.68 Å². The first-order valence-electron chi connectivity index (χ1n) is 7.07. The van der Waals surface area contributed by atoms with Crippen LogP contribution >= 0.6 is 11.8 Å². The van der Waals surface area contributed by atoms with E-state index in [2.05, 4.69) is 52.2 Å². The summed E-state index contributed by atoms with van der Waals surface area (Å²) in [7, 11) is 0. The van der Waals surface area contributed by atoms with Crippen molar-refractivity contribution in [3.8, 4) is 11.6 Å². The quantitative estimate of drug-likeness (QED) is 0.798. The Morgan fingerprint density at radius 3 is 2.77 bits per heavy atom. The van der Waals surface area contributed by atoms with Gasteiger partial charge in [0.1, 0.15) is 0 Å². The zero-order chi connectivity index (χ0) is 14.9. The Morgan fingerprint density at radius 1 is 1.18 bits per heavy atom. The van der Waals surface area contributed by atoms with Gasteiger partial charge < -0.3 is 4.42 Å². The van der Waals surface area contributed by atoms with Gasteiger partial charge in [0.25, 0.3) is 0 Å². The van der Waals surface area contributed by atoms with E-state index in [-0.39, 0.29) is 0 Å². The van der Waals surface area contributed by atoms with Gasteiger partial charge in [-0.2, -0.15) is 0 Å². The summed E-state index contributed by atoms with van der Waals surface area (Å²) in [4.78, 5) is 0. The molecule has 3 aromatic rings. The highest BCUT2D eigenvalue weighted by molar-refractivity contribution is 8.02. The number of furan rings is 1. The monoisotopic (exact) mass is 310 g/mol. The van der Waals surface area contributed by atoms with Crippen LogP contribution in [0.3, 0.4) is 0 Å². The van der Waals surface area contributed by atoms with Crippen LogP contribution in [-0.2, 0) is 6.42 Å². The van der Waals surface area contributed by atoms with Crippen LogP contribution in [0.1, 0.15) is 18.1 Å². The SMILES string of the molecule is CCc1ccc(C2=CSc3nnc(-c4ccco4)n3N2)cc1. The lowest BCUT2D eigenvalue weighted by Gasteiger charge is -2.18. The third-order valence-corrected chi connectivity index (χ3v) is 4.39. The van der Waals surface area contributed by atoms with E-state index in [0.717, 1.165) is 22.8 Å². The van der Waals surface area contributed by atoms with Crippen molar-refractivity contribution in [2.75, 3.05) is 5.43 Å². The lowest BCUT2D eigenvalue weighted by Crippen LogP contribution is -2.18. The van der Waals surface area contributed by atoms with Gasteiger partial charge in [0.05, 0.1) is 12.0 Å². The first-order chi connectivity index (χ1) is 10.8. The molecule has 2 aromatic heterocycles. The molecule has 0 saturated carbocycles. The number of hydrogen-bond donors (Lipinski definition) is 1. The van der Waals surface area contributed by atoms with Crippen molar-refractivity contribution >= 4 is 17.5 Å². The summed E-state index contributed by atoms with van der Waals surface area (Å²) < 4.78 is 7.28. The molecule has 1 N–H and O–H groups in total. The summed E-state index contributed by atoms with van der Waals surface area (Å²) in [5.74, 6) is 1.36. The number of fused-ring (bicyclic) bond motifs is 1. The number of hydrogen-bond acceptors (Lipinski definition) is 5. The van der Waals surface area contributed by atoms with Crippen molar-refractivity contribution < 1.29 is 4.42 Å². The van der Waals surface area contributed by atoms with Crippen LogP contribution in [0.2, 0.25) is 0 Å². The fraction of sp³-hybridized carbons (Fsp3) is 0.125. The Kier molecular flexibility index (Phi) is 3.23. The molecule has 5 nitrogen and oxygen atoms in total. The second-order valence-electron chi connectivity index (χ2n) is 4.93. The number of nitrogens with zero attached hydrogens (tertiary/aromatic N) is 3. The van der Waals surface area contributed by atoms with Crippen molar-refractivity contribution in [1.29, 1.82) is 0 Å². The number of nitrogens with one attached hydrogen (secondary N) is 1. The predicted molar refractivity (Wildman–Crippen MR) is 86.7 cm³/mol. The first kappa shape index (κ1) is 13.2. The molecule has 0 bridgehead atoms. The summed E-state index contributed by atoms with van der Waals surface area (Å²) in [5.41, 5.74) is 6.84. The maximum atomic E-state index is 5.42. The normalized spacial score (nSPS) is 13.4. The van der Waals surface area contributed by atoms with Gasteiger partial charge in [-0.15, -0.1) is 10.2 Å². The molecule has 3 heterocycles. The maximum Gasteiger partial charge on any atom is 0.219 e. The molecule has 110 valence electrons. The average Bonchev–Trinajstić information content (AvgIpc) is 3.23. The lowest BCUT2D eigenvalue weighted by atomic mass is 10.1. The molecule has 1 aromatic carbocycles. The Labute approximate surface area is 132 Å². The molecule has 1 aliphatic heterocycles. The summed E-state index contributed by atoms with van der Waals surface area (Å²) in [5, 5.41) is 11.2. The molecule has 6 heteroatoms. The number of benzene rings is 1. The van der Waals surface area contributed by atoms with Crippen LogP contribution < -0.4 is 5.43 Å². The molecule has 0 amide bonds. The van der Waals surface area contributed by atoms with Gasteiger partial charge in [0.15, 0.2) is 5.76 Å². The Morgan fingerprint density at radius 2 is 2.05 bits per heavy atom. The second-order valence-corrected chi connectivity index (χ2v) is 5.77. The van der Waals surface area contributed by atoms with E-state index in [4.69, 9.17) is 4.42 Å². The third kappa shape index (κ3) is 2.21. The number of aromatic nitrogens is 3. The fourth-order valence-electron chi connectivity index (χ4n) is 2.32. The van der Waals surface area contributed by atoms with Crippen LogP contribution in [0.5, 0.6) is 0 Å². The standard InChI is InChI=1S/C16H14N4OS/c1-2-11-5-7-12(8-6-11)13-10-22-16-18-17-15(20(16)19-13)14-4-3-9-21-14/h3-10,19H,2H2,1H3. The van der Waals surface area contributed by atoms with Gasteiger partial charge in [0.2, 0.25) is 11.0 Å². The predicted octanol–water partition coefficient (Wildman–Crippen LogP) is 3.75. The first-order valence-corrected chi connectivity index (χ1v) is 7.95. The van der Waals surface area contributed by atoms with Gasteiger partial charge in [-0.1, -0.05) is 43.0 Å². The molecule has 0 radical (unpaired) electrons. The minimum Gasteiger partial charge on any atom is -0.461 e. The van der Waals surface area contributed by atoms with Crippen LogP contribution in [-0.4, -0.2) is 14.9 Å². The highest BCUT2D eigenvalue weighted by Crippen LogP contribution is 2.31. The average molecular weight is 310 g/mol. The molecule has 22 heavy (non-hydrogen) atoms. The summed E-state index contributed by atoms with van der Waals surface area (Å²) >= 11 is 1.54. The van der Waals surface area contributed by atoms with Crippen LogP contribution in [0.25, 0.3) is 17.3 Å². The van der Waals surface area contributed by atoms with Crippen LogP contribution in [0.4, 0.5) is 0 Å². The molecule has 0 aliphatic carbocycles. The van der Waals surface area contributed by atoms with Gasteiger partial charge >= 0.3 is 0 Å². The maximum absolute atomic E-state index is 5.42. The van der Waals surface area contributed by atoms with E-state index >= 15 is 0 Å². The van der Waals surface area contributed by atoms with E-state index in [1.807, 2.05) is 16.8 Å². The molecule has 0 atom stereocenters. The minimum atomic E-state index is 0.670. The molecule has 0 unspecified atom stereocenters. The smallest absolute Gasteiger partial charge is 0.219 e. The highest BCUT2D eigenvalue weighted by atomic mass is 32.2. The van der Waals surface area contributed by atoms with Crippen molar-refractivity contribution in [2.45, 2.75) is 18.5 Å². The minimum absolute atomic E-state index is 0.670. The van der Waals surface area contributed by atoms with Crippen molar-refractivity contribution in [3.63, 3.8) is 0 Å². The highest BCUT2D eigenvalue weighted by Gasteiger charge is 2.20. The van der Waals surface area contributed by atoms with E-state index in [9.17, 15) is 0 Å². The van der Waals surface area contributed by atoms with Gasteiger partial charge in [-0.05, 0) is 29.7 Å². The molecule has 0 spiro atoms. The topological polar surface area (TPSA) is 55.9 Å². The number of thioether (sulfide) groups is 1. The van der Waals surface area contributed by atoms with Crippen molar-refractivity contribution in [2.24, 2.45) is 0 Å². The molecule has 0 fully saturated rings. The van der Waals surface area contributed by atoms with Crippen LogP contribution in [0, 0.1) is 0 Å². The number of aryl methyl sites for hydroxylation is 1. The van der Waals surface area contributed by atoms with E-state index < -0.39 is 0 Å². The molecular formula is C16H14N4OS. The fourth-order valence-corrected chi connectivity index (χ4v) is 3.06. The second kappa shape index (κ2) is 5.38. The van der Waals surface area contributed by atoms with E-state index in [1.165, 1.54) is 5.56 Å². The third-order valence-electron chi connectivity index (χ3n) is 3.56. The summed E-state index contributed by atoms with van der Waals surface area (Å²) in [6.45, 7) is 2.15. The molecular weight excluding hydrogens is 296 g/mol. The van der Waals surface area contributed by atoms with Crippen molar-refractivity contribution in [1.82, 2.24) is 14.9 Å². The zero-order valence-corrected chi connectivity index (χ0v) is 12.8. The Balaban J connectivity index is 1.67. The Bertz CT molecular complexity index is 818. The molecule has 0 saturated heterocycles.